The Balaban J connectivity index is 0.00000225. The summed E-state index contributed by atoms with van der Waals surface area (Å²) in [4.78, 5) is 13.1. The van der Waals surface area contributed by atoms with Crippen LogP contribution in [0.4, 0.5) is 0 Å². The molecule has 3 N–H and O–H groups in total. The van der Waals surface area contributed by atoms with Crippen molar-refractivity contribution in [2.24, 2.45) is 29.4 Å². The molecule has 2 fully saturated rings. The Hall–Kier alpha value is -1.46. The summed E-state index contributed by atoms with van der Waals surface area (Å²) in [7, 11) is 0. The van der Waals surface area contributed by atoms with Crippen LogP contribution in [0.1, 0.15) is 57.6 Å². The van der Waals surface area contributed by atoms with E-state index in [0.29, 0.717) is 37.0 Å². The molecule has 1 aliphatic heterocycles. The molecule has 3 unspecified atom stereocenters. The third-order valence-electron chi connectivity index (χ3n) is 6.67. The predicted octanol–water partition coefficient (Wildman–Crippen LogP) is 3.85. The highest BCUT2D eigenvalue weighted by Gasteiger charge is 2.41. The second-order valence-electron chi connectivity index (χ2n) is 8.83. The van der Waals surface area contributed by atoms with Crippen LogP contribution in [0.25, 0.3) is 0 Å². The summed E-state index contributed by atoms with van der Waals surface area (Å²) in [5, 5.41) is 3.34. The molecule has 1 amide bonds. The zero-order valence-corrected chi connectivity index (χ0v) is 17.7. The van der Waals surface area contributed by atoms with Gasteiger partial charge in [0.05, 0.1) is 6.04 Å². The van der Waals surface area contributed by atoms with Crippen LogP contribution in [-0.2, 0) is 4.79 Å². The van der Waals surface area contributed by atoms with Crippen LogP contribution in [0.3, 0.4) is 0 Å². The summed E-state index contributed by atoms with van der Waals surface area (Å²) in [6.07, 6.45) is 5.50. The summed E-state index contributed by atoms with van der Waals surface area (Å²) >= 11 is 0. The van der Waals surface area contributed by atoms with E-state index in [9.17, 15) is 4.79 Å². The molecule has 6 heteroatoms. The van der Waals surface area contributed by atoms with Gasteiger partial charge in [0.2, 0.25) is 5.91 Å². The van der Waals surface area contributed by atoms with E-state index in [0.717, 1.165) is 29.9 Å². The first-order valence-corrected chi connectivity index (χ1v) is 10.5. The molecule has 3 aliphatic rings. The molecule has 0 aromatic heterocycles. The van der Waals surface area contributed by atoms with E-state index in [1.807, 2.05) is 18.2 Å². The zero-order chi connectivity index (χ0) is 19.0. The van der Waals surface area contributed by atoms with Gasteiger partial charge in [-0.2, -0.15) is 0 Å². The highest BCUT2D eigenvalue weighted by molar-refractivity contribution is 5.85. The Labute approximate surface area is 174 Å². The van der Waals surface area contributed by atoms with Gasteiger partial charge >= 0.3 is 0 Å². The highest BCUT2D eigenvalue weighted by atomic mass is 35.5. The van der Waals surface area contributed by atoms with Crippen LogP contribution in [0.2, 0.25) is 0 Å². The van der Waals surface area contributed by atoms with Gasteiger partial charge in [0.1, 0.15) is 13.2 Å². The molecule has 2 saturated carbocycles. The van der Waals surface area contributed by atoms with E-state index < -0.39 is 0 Å². The Morgan fingerprint density at radius 2 is 1.75 bits per heavy atom. The topological polar surface area (TPSA) is 73.6 Å². The normalized spacial score (nSPS) is 29.6. The van der Waals surface area contributed by atoms with E-state index in [2.05, 4.69) is 19.2 Å². The molecule has 4 rings (SSSR count). The van der Waals surface area contributed by atoms with Crippen LogP contribution in [0.15, 0.2) is 18.2 Å². The van der Waals surface area contributed by atoms with Crippen molar-refractivity contribution in [2.45, 2.75) is 58.0 Å². The third-order valence-corrected chi connectivity index (χ3v) is 6.67. The largest absolute Gasteiger partial charge is 0.486 e. The van der Waals surface area contributed by atoms with Gasteiger partial charge in [-0.1, -0.05) is 26.3 Å². The highest BCUT2D eigenvalue weighted by Crippen LogP contribution is 2.42. The average molecular weight is 409 g/mol. The first-order chi connectivity index (χ1) is 13.0. The minimum absolute atomic E-state index is 0. The number of nitrogens with one attached hydrogen (secondary N) is 1. The van der Waals surface area contributed by atoms with Crippen LogP contribution in [0, 0.1) is 23.7 Å². The minimum Gasteiger partial charge on any atom is -0.486 e. The standard InChI is InChI=1S/C22H32N2O3.ClH/c1-13(2)21(16-6-7-18-19(12-16)27-9-8-26-18)24-22(25)17-10-14-4-3-5-15(11-17)20(14)23;/h6-7,12-15,17,20-21H,3-5,8-11,23H2,1-2H3,(H,24,25);1H. The van der Waals surface area contributed by atoms with Crippen molar-refractivity contribution in [1.29, 1.82) is 0 Å². The van der Waals surface area contributed by atoms with E-state index >= 15 is 0 Å². The molecule has 5 nitrogen and oxygen atoms in total. The summed E-state index contributed by atoms with van der Waals surface area (Å²) in [6.45, 7) is 5.45. The molecule has 1 heterocycles. The summed E-state index contributed by atoms with van der Waals surface area (Å²) in [5.74, 6) is 3.16. The van der Waals surface area contributed by atoms with Crippen molar-refractivity contribution < 1.29 is 14.3 Å². The number of hydrogen-bond donors (Lipinski definition) is 2. The fraction of sp³-hybridized carbons (Fsp3) is 0.682. The third kappa shape index (κ3) is 4.25. The SMILES string of the molecule is CC(C)C(NC(=O)C1CC2CCCC(C1)C2N)c1ccc2c(c1)OCCO2.Cl. The van der Waals surface area contributed by atoms with Crippen molar-refractivity contribution in [3.05, 3.63) is 23.8 Å². The molecule has 1 aromatic carbocycles. The number of hydrogen-bond acceptors (Lipinski definition) is 4. The molecule has 28 heavy (non-hydrogen) atoms. The summed E-state index contributed by atoms with van der Waals surface area (Å²) in [6, 6.07) is 6.29. The quantitative estimate of drug-likeness (QED) is 0.793. The fourth-order valence-electron chi connectivity index (χ4n) is 5.16. The first kappa shape index (κ1) is 21.3. The van der Waals surface area contributed by atoms with Crippen molar-refractivity contribution in [3.63, 3.8) is 0 Å². The minimum atomic E-state index is -0.0243. The molecule has 1 aromatic rings. The van der Waals surface area contributed by atoms with Gasteiger partial charge in [-0.3, -0.25) is 4.79 Å². The van der Waals surface area contributed by atoms with Gasteiger partial charge in [-0.25, -0.2) is 0 Å². The van der Waals surface area contributed by atoms with Crippen molar-refractivity contribution in [2.75, 3.05) is 13.2 Å². The average Bonchev–Trinajstić information content (AvgIpc) is 2.65. The zero-order valence-electron chi connectivity index (χ0n) is 16.9. The molecule has 3 atom stereocenters. The molecule has 0 spiro atoms. The van der Waals surface area contributed by atoms with E-state index in [4.69, 9.17) is 15.2 Å². The number of carbonyl (C=O) groups excluding carboxylic acids is 1. The molecular formula is C22H33ClN2O3. The van der Waals surface area contributed by atoms with Gasteiger partial charge in [0, 0.05) is 12.0 Å². The van der Waals surface area contributed by atoms with Gasteiger partial charge < -0.3 is 20.5 Å². The second-order valence-corrected chi connectivity index (χ2v) is 8.83. The van der Waals surface area contributed by atoms with Crippen LogP contribution >= 0.6 is 12.4 Å². The number of carbonyl (C=O) groups is 1. The number of nitrogens with two attached hydrogens (primary N) is 1. The van der Waals surface area contributed by atoms with Crippen molar-refractivity contribution in [3.8, 4) is 11.5 Å². The van der Waals surface area contributed by atoms with Gasteiger partial charge in [-0.05, 0) is 61.1 Å². The van der Waals surface area contributed by atoms with Crippen molar-refractivity contribution in [1.82, 2.24) is 5.32 Å². The predicted molar refractivity (Wildman–Crippen MR) is 112 cm³/mol. The number of benzene rings is 1. The maximum atomic E-state index is 13.1. The van der Waals surface area contributed by atoms with Crippen LogP contribution < -0.4 is 20.5 Å². The van der Waals surface area contributed by atoms with Crippen molar-refractivity contribution >= 4 is 18.3 Å². The number of fused-ring (bicyclic) bond motifs is 3. The maximum Gasteiger partial charge on any atom is 0.223 e. The number of amides is 1. The van der Waals surface area contributed by atoms with Gasteiger partial charge in [0.15, 0.2) is 11.5 Å². The first-order valence-electron chi connectivity index (χ1n) is 10.5. The lowest BCUT2D eigenvalue weighted by atomic mass is 9.65. The fourth-order valence-corrected chi connectivity index (χ4v) is 5.16. The molecule has 0 saturated heterocycles. The lowest BCUT2D eigenvalue weighted by Crippen LogP contribution is -2.49. The lowest BCUT2D eigenvalue weighted by Gasteiger charge is -2.43. The molecule has 2 aliphatic carbocycles. The second kappa shape index (κ2) is 8.91. The number of ether oxygens (including phenoxy) is 2. The van der Waals surface area contributed by atoms with Gasteiger partial charge in [-0.15, -0.1) is 12.4 Å². The smallest absolute Gasteiger partial charge is 0.223 e. The lowest BCUT2D eigenvalue weighted by molar-refractivity contribution is -0.129. The molecule has 2 bridgehead atoms. The van der Waals surface area contributed by atoms with E-state index in [-0.39, 0.29) is 30.3 Å². The van der Waals surface area contributed by atoms with Crippen LogP contribution in [0.5, 0.6) is 11.5 Å². The Morgan fingerprint density at radius 3 is 2.39 bits per heavy atom. The van der Waals surface area contributed by atoms with Crippen LogP contribution in [-0.4, -0.2) is 25.2 Å². The van der Waals surface area contributed by atoms with Gasteiger partial charge in [0.25, 0.3) is 0 Å². The Morgan fingerprint density at radius 1 is 1.11 bits per heavy atom. The summed E-state index contributed by atoms with van der Waals surface area (Å²) < 4.78 is 11.3. The Bertz CT molecular complexity index is 682. The monoisotopic (exact) mass is 408 g/mol. The number of rotatable bonds is 4. The molecule has 0 radical (unpaired) electrons. The Kier molecular flexibility index (Phi) is 6.77. The summed E-state index contributed by atoms with van der Waals surface area (Å²) in [5.41, 5.74) is 7.47. The number of halogens is 1. The van der Waals surface area contributed by atoms with E-state index in [1.54, 1.807) is 0 Å². The maximum absolute atomic E-state index is 13.1. The molecule has 156 valence electrons. The van der Waals surface area contributed by atoms with E-state index in [1.165, 1.54) is 19.3 Å². The molecular weight excluding hydrogens is 376 g/mol.